The van der Waals surface area contributed by atoms with Crippen LogP contribution in [0.25, 0.3) is 100 Å². The Hall–Kier alpha value is -6.71. The van der Waals surface area contributed by atoms with Crippen LogP contribution in [0.5, 0.6) is 0 Å². The summed E-state index contributed by atoms with van der Waals surface area (Å²) in [6.07, 6.45) is 1.88. The lowest BCUT2D eigenvalue weighted by molar-refractivity contribution is 1.18. The van der Waals surface area contributed by atoms with Gasteiger partial charge in [-0.15, -0.1) is 0 Å². The van der Waals surface area contributed by atoms with Crippen molar-refractivity contribution >= 4 is 21.7 Å². The molecule has 0 saturated heterocycles. The van der Waals surface area contributed by atoms with E-state index in [9.17, 15) is 0 Å². The third-order valence-corrected chi connectivity index (χ3v) is 9.94. The normalized spacial score (nSPS) is 11.6. The zero-order valence-corrected chi connectivity index (χ0v) is 27.1. The zero-order chi connectivity index (χ0) is 33.0. The smallest absolute Gasteiger partial charge is 0.160 e. The van der Waals surface area contributed by atoms with Gasteiger partial charge in [0.1, 0.15) is 0 Å². The van der Waals surface area contributed by atoms with E-state index in [0.717, 1.165) is 44.5 Å². The lowest BCUT2D eigenvalue weighted by atomic mass is 9.93. The van der Waals surface area contributed by atoms with Crippen LogP contribution in [0.1, 0.15) is 0 Å². The van der Waals surface area contributed by atoms with Gasteiger partial charge in [-0.1, -0.05) is 152 Å². The van der Waals surface area contributed by atoms with Gasteiger partial charge in [-0.3, -0.25) is 4.98 Å². The van der Waals surface area contributed by atoms with Crippen molar-refractivity contribution in [1.82, 2.24) is 15.0 Å². The Morgan fingerprint density at radius 3 is 1.54 bits per heavy atom. The largest absolute Gasteiger partial charge is 0.256 e. The van der Waals surface area contributed by atoms with Gasteiger partial charge in [0.15, 0.2) is 5.82 Å². The Morgan fingerprint density at radius 1 is 0.320 bits per heavy atom. The molecule has 2 heterocycles. The van der Waals surface area contributed by atoms with Gasteiger partial charge in [0.25, 0.3) is 0 Å². The van der Waals surface area contributed by atoms with E-state index in [1.54, 1.807) is 0 Å². The minimum Gasteiger partial charge on any atom is -0.256 e. The maximum Gasteiger partial charge on any atom is 0.160 e. The summed E-state index contributed by atoms with van der Waals surface area (Å²) in [5, 5.41) is 3.76. The van der Waals surface area contributed by atoms with E-state index in [4.69, 9.17) is 9.97 Å². The average Bonchev–Trinajstić information content (AvgIpc) is 3.53. The molecule has 1 aliphatic rings. The van der Waals surface area contributed by atoms with Gasteiger partial charge in [-0.2, -0.15) is 0 Å². The molecule has 0 saturated carbocycles. The van der Waals surface area contributed by atoms with Gasteiger partial charge in [0.2, 0.25) is 0 Å². The minimum absolute atomic E-state index is 0.707. The molecule has 7 aromatic carbocycles. The average molecular weight is 636 g/mol. The number of hydrogen-bond acceptors (Lipinski definition) is 3. The highest BCUT2D eigenvalue weighted by atomic mass is 14.9. The second-order valence-corrected chi connectivity index (χ2v) is 12.8. The SMILES string of the molecule is c1ccc(-c2nc(-c3ccc(-c4ccnc5ccccc45)cc3)cc(-c3ccc(-c4ccc5c6c(cccc46)-c4ccccc4-5)cc3)n2)cc1. The summed E-state index contributed by atoms with van der Waals surface area (Å²) < 4.78 is 0. The fourth-order valence-electron chi connectivity index (χ4n) is 7.51. The summed E-state index contributed by atoms with van der Waals surface area (Å²) in [7, 11) is 0. The van der Waals surface area contributed by atoms with Gasteiger partial charge in [0, 0.05) is 28.3 Å². The van der Waals surface area contributed by atoms with Crippen molar-refractivity contribution in [2.24, 2.45) is 0 Å². The molecular formula is C47H29N3. The summed E-state index contributed by atoms with van der Waals surface area (Å²) in [5.41, 5.74) is 15.8. The molecule has 0 spiro atoms. The molecule has 0 atom stereocenters. The molecule has 10 rings (SSSR count). The van der Waals surface area contributed by atoms with Gasteiger partial charge in [0.05, 0.1) is 16.9 Å². The monoisotopic (exact) mass is 635 g/mol. The van der Waals surface area contributed by atoms with Crippen LogP contribution in [0.15, 0.2) is 176 Å². The van der Waals surface area contributed by atoms with E-state index in [1.807, 2.05) is 30.5 Å². The first-order valence-electron chi connectivity index (χ1n) is 16.9. The van der Waals surface area contributed by atoms with Crippen molar-refractivity contribution in [3.8, 4) is 78.4 Å². The first-order chi connectivity index (χ1) is 24.8. The lowest BCUT2D eigenvalue weighted by Crippen LogP contribution is -1.96. The summed E-state index contributed by atoms with van der Waals surface area (Å²) in [5.74, 6) is 0.707. The topological polar surface area (TPSA) is 38.7 Å². The molecule has 0 fully saturated rings. The number of hydrogen-bond donors (Lipinski definition) is 0. The quantitative estimate of drug-likeness (QED) is 0.189. The summed E-state index contributed by atoms with van der Waals surface area (Å²) >= 11 is 0. The van der Waals surface area contributed by atoms with Crippen molar-refractivity contribution in [2.45, 2.75) is 0 Å². The van der Waals surface area contributed by atoms with Gasteiger partial charge < -0.3 is 0 Å². The van der Waals surface area contributed by atoms with E-state index >= 15 is 0 Å². The van der Waals surface area contributed by atoms with E-state index in [1.165, 1.54) is 49.7 Å². The molecule has 0 aliphatic heterocycles. The second kappa shape index (κ2) is 11.5. The molecule has 2 aromatic heterocycles. The molecular weight excluding hydrogens is 607 g/mol. The van der Waals surface area contributed by atoms with Crippen LogP contribution in [0.2, 0.25) is 0 Å². The number of fused-ring (bicyclic) bond motifs is 4. The Labute approximate surface area is 290 Å². The van der Waals surface area contributed by atoms with Crippen LogP contribution in [-0.4, -0.2) is 15.0 Å². The van der Waals surface area contributed by atoms with Crippen LogP contribution in [0, 0.1) is 0 Å². The Balaban J connectivity index is 1.04. The first kappa shape index (κ1) is 28.3. The molecule has 3 heteroatoms. The Kier molecular flexibility index (Phi) is 6.49. The summed E-state index contributed by atoms with van der Waals surface area (Å²) in [4.78, 5) is 14.7. The number of rotatable bonds is 5. The van der Waals surface area contributed by atoms with E-state index in [2.05, 4.69) is 151 Å². The molecule has 232 valence electrons. The predicted molar refractivity (Wildman–Crippen MR) is 206 cm³/mol. The maximum atomic E-state index is 5.09. The van der Waals surface area contributed by atoms with Crippen LogP contribution in [0.3, 0.4) is 0 Å². The van der Waals surface area contributed by atoms with Crippen LogP contribution >= 0.6 is 0 Å². The molecule has 9 aromatic rings. The minimum atomic E-state index is 0.707. The van der Waals surface area contributed by atoms with Crippen LogP contribution in [-0.2, 0) is 0 Å². The molecule has 0 N–H and O–H groups in total. The van der Waals surface area contributed by atoms with Crippen LogP contribution < -0.4 is 0 Å². The molecule has 3 nitrogen and oxygen atoms in total. The molecule has 0 radical (unpaired) electrons. The Bertz CT molecular complexity index is 2700. The van der Waals surface area contributed by atoms with E-state index in [0.29, 0.717) is 5.82 Å². The van der Waals surface area contributed by atoms with Crippen molar-refractivity contribution < 1.29 is 0 Å². The molecule has 1 aliphatic carbocycles. The fourth-order valence-corrected chi connectivity index (χ4v) is 7.51. The fraction of sp³-hybridized carbons (Fsp3) is 0. The maximum absolute atomic E-state index is 5.09. The number of benzene rings is 7. The summed E-state index contributed by atoms with van der Waals surface area (Å²) in [6, 6.07) is 60.1. The molecule has 0 amide bonds. The van der Waals surface area contributed by atoms with Crippen molar-refractivity contribution in [2.75, 3.05) is 0 Å². The first-order valence-corrected chi connectivity index (χ1v) is 16.9. The highest BCUT2D eigenvalue weighted by Gasteiger charge is 2.22. The molecule has 50 heavy (non-hydrogen) atoms. The predicted octanol–water partition coefficient (Wildman–Crippen LogP) is 12.2. The Morgan fingerprint density at radius 2 is 0.840 bits per heavy atom. The van der Waals surface area contributed by atoms with Crippen molar-refractivity contribution in [3.63, 3.8) is 0 Å². The van der Waals surface area contributed by atoms with Crippen molar-refractivity contribution in [3.05, 3.63) is 176 Å². The van der Waals surface area contributed by atoms with Gasteiger partial charge in [-0.25, -0.2) is 9.97 Å². The van der Waals surface area contributed by atoms with Gasteiger partial charge in [-0.05, 0) is 73.5 Å². The summed E-state index contributed by atoms with van der Waals surface area (Å²) in [6.45, 7) is 0. The molecule has 0 unspecified atom stereocenters. The standard InChI is InChI=1S/C47H29N3/c1-2-9-34(10-3-1)47-49-44(29-45(50-47)33-23-19-31(20-24-33)36-27-28-48-43-16-7-6-13-39(36)43)32-21-17-30(18-22-32)35-25-26-42-38-12-5-4-11-37(38)41-15-8-14-40(35)46(41)42/h1-29H. The van der Waals surface area contributed by atoms with Crippen LogP contribution in [0.4, 0.5) is 0 Å². The zero-order valence-electron chi connectivity index (χ0n) is 27.1. The second-order valence-electron chi connectivity index (χ2n) is 12.8. The number of pyridine rings is 1. The molecule has 0 bridgehead atoms. The van der Waals surface area contributed by atoms with E-state index in [-0.39, 0.29) is 0 Å². The highest BCUT2D eigenvalue weighted by molar-refractivity contribution is 6.18. The number of aromatic nitrogens is 3. The number of nitrogens with zero attached hydrogens (tertiary/aromatic N) is 3. The number of para-hydroxylation sites is 1. The third kappa shape index (κ3) is 4.63. The van der Waals surface area contributed by atoms with Crippen molar-refractivity contribution in [1.29, 1.82) is 0 Å². The lowest BCUT2D eigenvalue weighted by Gasteiger charge is -2.12. The highest BCUT2D eigenvalue weighted by Crippen LogP contribution is 2.49. The van der Waals surface area contributed by atoms with E-state index < -0.39 is 0 Å². The van der Waals surface area contributed by atoms with Gasteiger partial charge >= 0.3 is 0 Å². The third-order valence-electron chi connectivity index (χ3n) is 9.94.